The monoisotopic (exact) mass is 247 g/mol. The largest absolute Gasteiger partial charge is 0.324 e. The molecule has 1 aromatic rings. The molecule has 0 aromatic heterocycles. The Hall–Kier alpha value is -0.0500. The van der Waals surface area contributed by atoms with Gasteiger partial charge in [-0.1, -0.05) is 27.5 Å². The predicted molar refractivity (Wildman–Crippen MR) is 56.5 cm³/mol. The Bertz CT molecular complexity index is 297. The van der Waals surface area contributed by atoms with Crippen LogP contribution >= 0.6 is 27.5 Å². The van der Waals surface area contributed by atoms with E-state index in [-0.39, 0.29) is 6.04 Å². The summed E-state index contributed by atoms with van der Waals surface area (Å²) in [5.41, 5.74) is 7.85. The standard InChI is InChI=1S/C9H11BrClN/c1-5-3-8(10)7(6(2)12)4-9(5)11/h3-4,6H,12H2,1-2H3. The second-order valence-corrected chi connectivity index (χ2v) is 4.17. The predicted octanol–water partition coefficient (Wildman–Crippen LogP) is 3.43. The molecule has 1 atom stereocenters. The quantitative estimate of drug-likeness (QED) is 0.810. The zero-order valence-electron chi connectivity index (χ0n) is 7.07. The molecular formula is C9H11BrClN. The summed E-state index contributed by atoms with van der Waals surface area (Å²) in [6, 6.07) is 3.91. The van der Waals surface area contributed by atoms with Gasteiger partial charge >= 0.3 is 0 Å². The minimum atomic E-state index is 0.0116. The molecule has 1 rings (SSSR count). The molecule has 0 amide bonds. The maximum absolute atomic E-state index is 5.95. The van der Waals surface area contributed by atoms with Crippen molar-refractivity contribution in [2.75, 3.05) is 0 Å². The van der Waals surface area contributed by atoms with E-state index in [0.29, 0.717) is 0 Å². The van der Waals surface area contributed by atoms with Crippen molar-refractivity contribution >= 4 is 27.5 Å². The van der Waals surface area contributed by atoms with E-state index in [9.17, 15) is 0 Å². The lowest BCUT2D eigenvalue weighted by Gasteiger charge is -2.10. The Labute approximate surface area is 86.0 Å². The molecule has 1 nitrogen and oxygen atoms in total. The highest BCUT2D eigenvalue weighted by Crippen LogP contribution is 2.28. The fourth-order valence-electron chi connectivity index (χ4n) is 1.01. The molecule has 0 saturated heterocycles. The molecule has 3 heteroatoms. The first kappa shape index (κ1) is 10.0. The minimum Gasteiger partial charge on any atom is -0.324 e. The number of hydrogen-bond donors (Lipinski definition) is 1. The third-order valence-corrected chi connectivity index (χ3v) is 2.86. The third-order valence-electron chi connectivity index (χ3n) is 1.77. The van der Waals surface area contributed by atoms with Crippen LogP contribution in [0.4, 0.5) is 0 Å². The van der Waals surface area contributed by atoms with Crippen molar-refractivity contribution in [1.29, 1.82) is 0 Å². The van der Waals surface area contributed by atoms with Gasteiger partial charge in [0.05, 0.1) is 0 Å². The maximum Gasteiger partial charge on any atom is 0.0439 e. The van der Waals surface area contributed by atoms with Crippen molar-refractivity contribution in [2.24, 2.45) is 5.73 Å². The van der Waals surface area contributed by atoms with E-state index in [2.05, 4.69) is 15.9 Å². The minimum absolute atomic E-state index is 0.0116. The van der Waals surface area contributed by atoms with Crippen molar-refractivity contribution in [3.63, 3.8) is 0 Å². The van der Waals surface area contributed by atoms with Gasteiger partial charge in [-0.25, -0.2) is 0 Å². The number of hydrogen-bond acceptors (Lipinski definition) is 1. The van der Waals surface area contributed by atoms with Gasteiger partial charge in [-0.2, -0.15) is 0 Å². The highest BCUT2D eigenvalue weighted by atomic mass is 79.9. The summed E-state index contributed by atoms with van der Waals surface area (Å²) in [5, 5.41) is 0.769. The van der Waals surface area contributed by atoms with Crippen molar-refractivity contribution in [3.05, 3.63) is 32.8 Å². The van der Waals surface area contributed by atoms with E-state index in [4.69, 9.17) is 17.3 Å². The molecule has 12 heavy (non-hydrogen) atoms. The number of rotatable bonds is 1. The second kappa shape index (κ2) is 3.77. The molecule has 1 unspecified atom stereocenters. The van der Waals surface area contributed by atoms with Crippen LogP contribution in [0.15, 0.2) is 16.6 Å². The molecule has 0 aliphatic rings. The van der Waals surface area contributed by atoms with Crippen LogP contribution < -0.4 is 5.73 Å². The Kier molecular flexibility index (Phi) is 3.16. The summed E-state index contributed by atoms with van der Waals surface area (Å²) in [6.07, 6.45) is 0. The number of halogens is 2. The molecule has 0 aliphatic carbocycles. The van der Waals surface area contributed by atoms with Crippen LogP contribution in [0, 0.1) is 6.92 Å². The normalized spacial score (nSPS) is 13.1. The van der Waals surface area contributed by atoms with E-state index in [1.807, 2.05) is 26.0 Å². The fraction of sp³-hybridized carbons (Fsp3) is 0.333. The first-order valence-corrected chi connectivity index (χ1v) is 4.90. The number of aryl methyl sites for hydroxylation is 1. The highest BCUT2D eigenvalue weighted by Gasteiger charge is 2.07. The average molecular weight is 249 g/mol. The molecule has 0 aliphatic heterocycles. The first-order chi connectivity index (χ1) is 5.52. The van der Waals surface area contributed by atoms with Crippen LogP contribution in [0.2, 0.25) is 5.02 Å². The van der Waals surface area contributed by atoms with Crippen LogP contribution in [-0.2, 0) is 0 Å². The van der Waals surface area contributed by atoms with Gasteiger partial charge in [0.1, 0.15) is 0 Å². The second-order valence-electron chi connectivity index (χ2n) is 2.91. The van der Waals surface area contributed by atoms with Gasteiger partial charge < -0.3 is 5.73 Å². The van der Waals surface area contributed by atoms with Gasteiger partial charge in [-0.3, -0.25) is 0 Å². The van der Waals surface area contributed by atoms with E-state index in [0.717, 1.165) is 20.6 Å². The molecule has 0 heterocycles. The summed E-state index contributed by atoms with van der Waals surface area (Å²) >= 11 is 9.40. The SMILES string of the molecule is Cc1cc(Br)c(C(C)N)cc1Cl. The third kappa shape index (κ3) is 2.00. The summed E-state index contributed by atoms with van der Waals surface area (Å²) in [5.74, 6) is 0. The summed E-state index contributed by atoms with van der Waals surface area (Å²) in [6.45, 7) is 3.91. The van der Waals surface area contributed by atoms with Crippen LogP contribution in [0.1, 0.15) is 24.1 Å². The fourth-order valence-corrected chi connectivity index (χ4v) is 2.00. The van der Waals surface area contributed by atoms with E-state index < -0.39 is 0 Å². The summed E-state index contributed by atoms with van der Waals surface area (Å²) in [7, 11) is 0. The van der Waals surface area contributed by atoms with Crippen LogP contribution in [0.5, 0.6) is 0 Å². The molecule has 0 spiro atoms. The average Bonchev–Trinajstić information content (AvgIpc) is 1.96. The van der Waals surface area contributed by atoms with Crippen LogP contribution in [0.3, 0.4) is 0 Å². The van der Waals surface area contributed by atoms with Crippen LogP contribution in [-0.4, -0.2) is 0 Å². The number of nitrogens with two attached hydrogens (primary N) is 1. The van der Waals surface area contributed by atoms with E-state index in [1.54, 1.807) is 0 Å². The van der Waals surface area contributed by atoms with Crippen molar-refractivity contribution in [2.45, 2.75) is 19.9 Å². The molecule has 0 saturated carbocycles. The summed E-state index contributed by atoms with van der Waals surface area (Å²) in [4.78, 5) is 0. The summed E-state index contributed by atoms with van der Waals surface area (Å²) < 4.78 is 1.03. The molecule has 0 radical (unpaired) electrons. The maximum atomic E-state index is 5.95. The Morgan fingerprint density at radius 1 is 1.50 bits per heavy atom. The zero-order chi connectivity index (χ0) is 9.30. The molecular weight excluding hydrogens is 237 g/mol. The van der Waals surface area contributed by atoms with Gasteiger partial charge in [-0.15, -0.1) is 0 Å². The highest BCUT2D eigenvalue weighted by molar-refractivity contribution is 9.10. The Balaban J connectivity index is 3.23. The van der Waals surface area contributed by atoms with E-state index >= 15 is 0 Å². The molecule has 0 fully saturated rings. The van der Waals surface area contributed by atoms with Crippen molar-refractivity contribution < 1.29 is 0 Å². The van der Waals surface area contributed by atoms with Crippen LogP contribution in [0.25, 0.3) is 0 Å². The smallest absolute Gasteiger partial charge is 0.0439 e. The van der Waals surface area contributed by atoms with Gasteiger partial charge in [0.15, 0.2) is 0 Å². The molecule has 0 bridgehead atoms. The lowest BCUT2D eigenvalue weighted by molar-refractivity contribution is 0.813. The topological polar surface area (TPSA) is 26.0 Å². The Morgan fingerprint density at radius 2 is 2.08 bits per heavy atom. The lowest BCUT2D eigenvalue weighted by Crippen LogP contribution is -2.05. The van der Waals surface area contributed by atoms with Crippen molar-refractivity contribution in [1.82, 2.24) is 0 Å². The molecule has 1 aromatic carbocycles. The van der Waals surface area contributed by atoms with Gasteiger partial charge in [0.2, 0.25) is 0 Å². The van der Waals surface area contributed by atoms with Gasteiger partial charge in [0, 0.05) is 15.5 Å². The first-order valence-electron chi connectivity index (χ1n) is 3.73. The van der Waals surface area contributed by atoms with Gasteiger partial charge in [-0.05, 0) is 37.1 Å². The zero-order valence-corrected chi connectivity index (χ0v) is 9.41. The molecule has 2 N–H and O–H groups in total. The molecule has 66 valence electrons. The lowest BCUT2D eigenvalue weighted by atomic mass is 10.1. The van der Waals surface area contributed by atoms with E-state index in [1.165, 1.54) is 0 Å². The van der Waals surface area contributed by atoms with Gasteiger partial charge in [0.25, 0.3) is 0 Å². The van der Waals surface area contributed by atoms with Crippen molar-refractivity contribution in [3.8, 4) is 0 Å². The Morgan fingerprint density at radius 3 is 2.58 bits per heavy atom. The number of benzene rings is 1.